The number of nitrogens with one attached hydrogen (secondary N) is 1. The molecule has 0 spiro atoms. The summed E-state index contributed by atoms with van der Waals surface area (Å²) in [6.07, 6.45) is 2.38. The van der Waals surface area contributed by atoms with Gasteiger partial charge in [0.05, 0.1) is 17.2 Å². The van der Waals surface area contributed by atoms with Crippen LogP contribution in [-0.4, -0.2) is 35.7 Å². The van der Waals surface area contributed by atoms with Gasteiger partial charge in [0.15, 0.2) is 0 Å². The van der Waals surface area contributed by atoms with Crippen LogP contribution in [0.1, 0.15) is 29.6 Å². The lowest BCUT2D eigenvalue weighted by Crippen LogP contribution is -2.32. The summed E-state index contributed by atoms with van der Waals surface area (Å²) in [5.74, 6) is -0.836. The van der Waals surface area contributed by atoms with Gasteiger partial charge in [-0.25, -0.2) is 0 Å². The molecule has 0 radical (unpaired) electrons. The van der Waals surface area contributed by atoms with Crippen molar-refractivity contribution in [2.24, 2.45) is 17.6 Å². The van der Waals surface area contributed by atoms with E-state index in [0.717, 1.165) is 23.6 Å². The minimum atomic E-state index is -0.374. The fraction of sp³-hybridized carbons (Fsp3) is 0.350. The Bertz CT molecular complexity index is 904. The summed E-state index contributed by atoms with van der Waals surface area (Å²) in [4.78, 5) is 38.4. The summed E-state index contributed by atoms with van der Waals surface area (Å²) < 4.78 is 0. The molecule has 4 rings (SSSR count). The summed E-state index contributed by atoms with van der Waals surface area (Å²) >= 11 is 0. The second-order valence-corrected chi connectivity index (χ2v) is 7.15. The van der Waals surface area contributed by atoms with Gasteiger partial charge >= 0.3 is 0 Å². The number of benzene rings is 2. The molecule has 26 heavy (non-hydrogen) atoms. The van der Waals surface area contributed by atoms with Gasteiger partial charge in [0.1, 0.15) is 0 Å². The highest BCUT2D eigenvalue weighted by atomic mass is 16.2. The van der Waals surface area contributed by atoms with E-state index in [4.69, 9.17) is 5.73 Å². The Kier molecular flexibility index (Phi) is 4.11. The van der Waals surface area contributed by atoms with Crippen LogP contribution in [0.3, 0.4) is 0 Å². The summed E-state index contributed by atoms with van der Waals surface area (Å²) in [5, 5.41) is 4.83. The van der Waals surface area contributed by atoms with Crippen LogP contribution in [0.15, 0.2) is 36.4 Å². The van der Waals surface area contributed by atoms with E-state index in [-0.39, 0.29) is 29.6 Å². The van der Waals surface area contributed by atoms with Crippen molar-refractivity contribution in [2.75, 3.05) is 18.4 Å². The Balaban J connectivity index is 1.68. The maximum atomic E-state index is 13.1. The van der Waals surface area contributed by atoms with Gasteiger partial charge in [-0.1, -0.05) is 24.3 Å². The molecule has 1 aliphatic carbocycles. The molecule has 2 fully saturated rings. The summed E-state index contributed by atoms with van der Waals surface area (Å²) in [6.45, 7) is 0.826. The number of nitrogens with two attached hydrogens (primary N) is 1. The van der Waals surface area contributed by atoms with Crippen molar-refractivity contribution in [2.45, 2.75) is 19.3 Å². The molecular weight excluding hydrogens is 330 g/mol. The molecule has 3 N–H and O–H groups in total. The van der Waals surface area contributed by atoms with E-state index < -0.39 is 0 Å². The topological polar surface area (TPSA) is 92.5 Å². The van der Waals surface area contributed by atoms with Crippen molar-refractivity contribution in [3.05, 3.63) is 42.0 Å². The molecule has 2 aromatic rings. The standard InChI is InChI=1S/C20H21N3O3/c21-18(24)15-7-8-23(11-15)20(26)16-9-13-3-1-2-4-14(13)10-17(16)22-19(25)12-5-6-12/h1-4,9-10,12,15H,5-8,11H2,(H2,21,24)(H,22,25). The normalized spacial score (nSPS) is 19.5. The quantitative estimate of drug-likeness (QED) is 0.884. The van der Waals surface area contributed by atoms with Crippen molar-refractivity contribution in [3.63, 3.8) is 0 Å². The monoisotopic (exact) mass is 351 g/mol. The number of carbonyl (C=O) groups is 3. The Morgan fingerprint density at radius 1 is 1.00 bits per heavy atom. The van der Waals surface area contributed by atoms with Crippen molar-refractivity contribution < 1.29 is 14.4 Å². The molecule has 2 aromatic carbocycles. The minimum absolute atomic E-state index is 0.0363. The second-order valence-electron chi connectivity index (χ2n) is 7.15. The Hall–Kier alpha value is -2.89. The third kappa shape index (κ3) is 3.14. The van der Waals surface area contributed by atoms with Crippen LogP contribution in [0, 0.1) is 11.8 Å². The number of anilines is 1. The van der Waals surface area contributed by atoms with Crippen LogP contribution in [0.5, 0.6) is 0 Å². The van der Waals surface area contributed by atoms with E-state index in [9.17, 15) is 14.4 Å². The first-order valence-corrected chi connectivity index (χ1v) is 8.95. The number of hydrogen-bond donors (Lipinski definition) is 2. The van der Waals surface area contributed by atoms with Gasteiger partial charge in [-0.05, 0) is 42.2 Å². The largest absolute Gasteiger partial charge is 0.369 e. The van der Waals surface area contributed by atoms with Gasteiger partial charge in [0, 0.05) is 19.0 Å². The molecule has 1 unspecified atom stereocenters. The fourth-order valence-corrected chi connectivity index (χ4v) is 3.45. The van der Waals surface area contributed by atoms with Crippen LogP contribution in [0.2, 0.25) is 0 Å². The van der Waals surface area contributed by atoms with Crippen LogP contribution in [-0.2, 0) is 9.59 Å². The van der Waals surface area contributed by atoms with Crippen molar-refractivity contribution in [1.82, 2.24) is 4.90 Å². The van der Waals surface area contributed by atoms with Gasteiger partial charge in [-0.3, -0.25) is 14.4 Å². The van der Waals surface area contributed by atoms with E-state index in [1.54, 1.807) is 4.90 Å². The van der Waals surface area contributed by atoms with Gasteiger partial charge in [0.2, 0.25) is 11.8 Å². The Labute approximate surface area is 151 Å². The van der Waals surface area contributed by atoms with Crippen LogP contribution >= 0.6 is 0 Å². The summed E-state index contributed by atoms with van der Waals surface area (Å²) in [5.41, 5.74) is 6.37. The van der Waals surface area contributed by atoms with Crippen LogP contribution in [0.25, 0.3) is 10.8 Å². The number of amides is 3. The molecule has 134 valence electrons. The fourth-order valence-electron chi connectivity index (χ4n) is 3.45. The predicted octanol–water partition coefficient (Wildman–Crippen LogP) is 2.14. The van der Waals surface area contributed by atoms with Crippen molar-refractivity contribution in [3.8, 4) is 0 Å². The molecule has 3 amide bonds. The Morgan fingerprint density at radius 3 is 2.31 bits per heavy atom. The van der Waals surface area contributed by atoms with Crippen molar-refractivity contribution >= 4 is 34.2 Å². The highest BCUT2D eigenvalue weighted by molar-refractivity contribution is 6.08. The molecule has 6 nitrogen and oxygen atoms in total. The highest BCUT2D eigenvalue weighted by Crippen LogP contribution is 2.32. The number of carbonyl (C=O) groups excluding carboxylic acids is 3. The number of hydrogen-bond acceptors (Lipinski definition) is 3. The predicted molar refractivity (Wildman–Crippen MR) is 98.5 cm³/mol. The zero-order valence-electron chi connectivity index (χ0n) is 14.4. The first kappa shape index (κ1) is 16.6. The molecule has 1 saturated heterocycles. The molecule has 6 heteroatoms. The molecule has 0 bridgehead atoms. The smallest absolute Gasteiger partial charge is 0.256 e. The summed E-state index contributed by atoms with van der Waals surface area (Å²) in [7, 11) is 0. The maximum Gasteiger partial charge on any atom is 0.256 e. The third-order valence-electron chi connectivity index (χ3n) is 5.20. The van der Waals surface area contributed by atoms with Gasteiger partial charge in [0.25, 0.3) is 5.91 Å². The lowest BCUT2D eigenvalue weighted by molar-refractivity contribution is -0.121. The van der Waals surface area contributed by atoms with E-state index in [1.165, 1.54) is 0 Å². The number of nitrogens with zero attached hydrogens (tertiary/aromatic N) is 1. The third-order valence-corrected chi connectivity index (χ3v) is 5.20. The van der Waals surface area contributed by atoms with Gasteiger partial charge in [-0.2, -0.15) is 0 Å². The molecular formula is C20H21N3O3. The SMILES string of the molecule is NC(=O)C1CCN(C(=O)c2cc3ccccc3cc2NC(=O)C2CC2)C1. The average molecular weight is 351 g/mol. The van der Waals surface area contributed by atoms with E-state index in [1.807, 2.05) is 36.4 Å². The number of rotatable bonds is 4. The summed E-state index contributed by atoms with van der Waals surface area (Å²) in [6, 6.07) is 11.4. The number of primary amides is 1. The lowest BCUT2D eigenvalue weighted by atomic mass is 10.0. The Morgan fingerprint density at radius 2 is 1.69 bits per heavy atom. The van der Waals surface area contributed by atoms with Gasteiger partial charge < -0.3 is 16.0 Å². The van der Waals surface area contributed by atoms with E-state index in [2.05, 4.69) is 5.32 Å². The van der Waals surface area contributed by atoms with E-state index in [0.29, 0.717) is 30.8 Å². The van der Waals surface area contributed by atoms with E-state index >= 15 is 0 Å². The zero-order chi connectivity index (χ0) is 18.3. The highest BCUT2D eigenvalue weighted by Gasteiger charge is 2.33. The number of likely N-dealkylation sites (tertiary alicyclic amines) is 1. The molecule has 1 atom stereocenters. The first-order chi connectivity index (χ1) is 12.5. The molecule has 1 aliphatic heterocycles. The average Bonchev–Trinajstić information content (AvgIpc) is 3.37. The maximum absolute atomic E-state index is 13.1. The van der Waals surface area contributed by atoms with Gasteiger partial charge in [-0.15, -0.1) is 0 Å². The lowest BCUT2D eigenvalue weighted by Gasteiger charge is -2.19. The number of fused-ring (bicyclic) bond motifs is 1. The van der Waals surface area contributed by atoms with Crippen LogP contribution in [0.4, 0.5) is 5.69 Å². The first-order valence-electron chi connectivity index (χ1n) is 8.95. The minimum Gasteiger partial charge on any atom is -0.369 e. The second kappa shape index (κ2) is 6.44. The molecule has 0 aromatic heterocycles. The molecule has 2 aliphatic rings. The molecule has 1 saturated carbocycles. The van der Waals surface area contributed by atoms with Crippen molar-refractivity contribution in [1.29, 1.82) is 0 Å². The molecule has 1 heterocycles. The van der Waals surface area contributed by atoms with Crippen LogP contribution < -0.4 is 11.1 Å². The zero-order valence-corrected chi connectivity index (χ0v) is 14.4.